The molecule has 0 saturated carbocycles. The van der Waals surface area contributed by atoms with Crippen molar-refractivity contribution in [2.45, 2.75) is 45.1 Å². The molecular weight excluding hydrogens is 224 g/mol. The molecule has 1 aromatic carbocycles. The first kappa shape index (κ1) is 12.9. The van der Waals surface area contributed by atoms with Crippen molar-refractivity contribution in [2.24, 2.45) is 0 Å². The highest BCUT2D eigenvalue weighted by Crippen LogP contribution is 2.23. The SMILES string of the molecule is CCC1CCCCCN1C(=O)c1ccccc1N. The van der Waals surface area contributed by atoms with E-state index in [9.17, 15) is 4.79 Å². The first-order chi connectivity index (χ1) is 8.74. The number of anilines is 1. The number of benzene rings is 1. The maximum Gasteiger partial charge on any atom is 0.256 e. The second-order valence-corrected chi connectivity index (χ2v) is 5.00. The minimum Gasteiger partial charge on any atom is -0.398 e. The lowest BCUT2D eigenvalue weighted by atomic mass is 10.1. The number of nitrogens with two attached hydrogens (primary N) is 1. The summed E-state index contributed by atoms with van der Waals surface area (Å²) in [7, 11) is 0. The zero-order valence-electron chi connectivity index (χ0n) is 11.1. The van der Waals surface area contributed by atoms with E-state index in [1.54, 1.807) is 6.07 Å². The van der Waals surface area contributed by atoms with E-state index in [2.05, 4.69) is 6.92 Å². The average molecular weight is 246 g/mol. The number of nitrogens with zero attached hydrogens (tertiary/aromatic N) is 1. The summed E-state index contributed by atoms with van der Waals surface area (Å²) in [5, 5.41) is 0. The first-order valence-electron chi connectivity index (χ1n) is 6.89. The Morgan fingerprint density at radius 1 is 1.33 bits per heavy atom. The molecule has 3 heteroatoms. The molecule has 1 heterocycles. The molecule has 1 unspecified atom stereocenters. The van der Waals surface area contributed by atoms with Crippen LogP contribution in [0.15, 0.2) is 24.3 Å². The van der Waals surface area contributed by atoms with Crippen LogP contribution in [0.3, 0.4) is 0 Å². The van der Waals surface area contributed by atoms with Gasteiger partial charge in [-0.1, -0.05) is 31.9 Å². The van der Waals surface area contributed by atoms with Gasteiger partial charge in [-0.15, -0.1) is 0 Å². The number of carbonyl (C=O) groups is 1. The van der Waals surface area contributed by atoms with Crippen molar-refractivity contribution in [3.05, 3.63) is 29.8 Å². The van der Waals surface area contributed by atoms with Gasteiger partial charge in [-0.2, -0.15) is 0 Å². The smallest absolute Gasteiger partial charge is 0.256 e. The number of nitrogen functional groups attached to an aromatic ring is 1. The minimum atomic E-state index is 0.0989. The molecule has 0 aliphatic carbocycles. The van der Waals surface area contributed by atoms with Gasteiger partial charge in [0.2, 0.25) is 0 Å². The average Bonchev–Trinajstić information content (AvgIpc) is 2.63. The van der Waals surface area contributed by atoms with Crippen molar-refractivity contribution in [1.82, 2.24) is 4.90 Å². The van der Waals surface area contributed by atoms with Gasteiger partial charge in [0, 0.05) is 18.3 Å². The Morgan fingerprint density at radius 2 is 2.11 bits per heavy atom. The van der Waals surface area contributed by atoms with Crippen molar-refractivity contribution in [3.8, 4) is 0 Å². The molecule has 1 aliphatic heterocycles. The molecule has 1 aliphatic rings. The van der Waals surface area contributed by atoms with E-state index in [0.717, 1.165) is 25.8 Å². The zero-order chi connectivity index (χ0) is 13.0. The summed E-state index contributed by atoms with van der Waals surface area (Å²) in [6, 6.07) is 7.75. The van der Waals surface area contributed by atoms with Gasteiger partial charge in [-0.3, -0.25) is 4.79 Å². The van der Waals surface area contributed by atoms with E-state index in [1.807, 2.05) is 23.1 Å². The lowest BCUT2D eigenvalue weighted by molar-refractivity contribution is 0.0679. The molecule has 2 N–H and O–H groups in total. The molecule has 1 amide bonds. The monoisotopic (exact) mass is 246 g/mol. The number of likely N-dealkylation sites (tertiary alicyclic amines) is 1. The standard InChI is InChI=1S/C15H22N2O/c1-2-12-8-4-3-7-11-17(12)15(18)13-9-5-6-10-14(13)16/h5-6,9-10,12H,2-4,7-8,11,16H2,1H3. The first-order valence-corrected chi connectivity index (χ1v) is 6.89. The van der Waals surface area contributed by atoms with Crippen LogP contribution >= 0.6 is 0 Å². The van der Waals surface area contributed by atoms with Crippen molar-refractivity contribution in [2.75, 3.05) is 12.3 Å². The highest BCUT2D eigenvalue weighted by atomic mass is 16.2. The summed E-state index contributed by atoms with van der Waals surface area (Å²) in [6.07, 6.45) is 5.71. The number of hydrogen-bond acceptors (Lipinski definition) is 2. The Kier molecular flexibility index (Phi) is 4.24. The van der Waals surface area contributed by atoms with E-state index in [0.29, 0.717) is 17.3 Å². The molecular formula is C15H22N2O. The molecule has 0 bridgehead atoms. The number of carbonyl (C=O) groups excluding carboxylic acids is 1. The van der Waals surface area contributed by atoms with Crippen molar-refractivity contribution in [1.29, 1.82) is 0 Å². The maximum atomic E-state index is 12.6. The van der Waals surface area contributed by atoms with Crippen LogP contribution in [0.1, 0.15) is 49.4 Å². The molecule has 98 valence electrons. The molecule has 2 rings (SSSR count). The van der Waals surface area contributed by atoms with E-state index in [4.69, 9.17) is 5.73 Å². The number of amides is 1. The van der Waals surface area contributed by atoms with E-state index in [1.165, 1.54) is 12.8 Å². The lowest BCUT2D eigenvalue weighted by Gasteiger charge is -2.29. The third-order valence-corrected chi connectivity index (χ3v) is 3.80. The number of hydrogen-bond donors (Lipinski definition) is 1. The van der Waals surface area contributed by atoms with Crippen LogP contribution in [0.5, 0.6) is 0 Å². The Balaban J connectivity index is 2.23. The Labute approximate surface area is 109 Å². The molecule has 1 fully saturated rings. The summed E-state index contributed by atoms with van der Waals surface area (Å²) in [5.41, 5.74) is 7.14. The predicted octanol–water partition coefficient (Wildman–Crippen LogP) is 3.06. The summed E-state index contributed by atoms with van der Waals surface area (Å²) >= 11 is 0. The highest BCUT2D eigenvalue weighted by molar-refractivity contribution is 5.99. The molecule has 1 saturated heterocycles. The fourth-order valence-electron chi connectivity index (χ4n) is 2.72. The van der Waals surface area contributed by atoms with Crippen LogP contribution in [-0.4, -0.2) is 23.4 Å². The lowest BCUT2D eigenvalue weighted by Crippen LogP contribution is -2.39. The van der Waals surface area contributed by atoms with Gasteiger partial charge in [0.25, 0.3) is 5.91 Å². The van der Waals surface area contributed by atoms with Crippen LogP contribution in [0.2, 0.25) is 0 Å². The highest BCUT2D eigenvalue weighted by Gasteiger charge is 2.25. The topological polar surface area (TPSA) is 46.3 Å². The molecule has 0 radical (unpaired) electrons. The van der Waals surface area contributed by atoms with Gasteiger partial charge in [0.1, 0.15) is 0 Å². The largest absolute Gasteiger partial charge is 0.398 e. The molecule has 1 atom stereocenters. The van der Waals surface area contributed by atoms with Crippen molar-refractivity contribution in [3.63, 3.8) is 0 Å². The van der Waals surface area contributed by atoms with Gasteiger partial charge in [-0.05, 0) is 31.4 Å². The normalized spacial score (nSPS) is 20.5. The molecule has 0 spiro atoms. The zero-order valence-corrected chi connectivity index (χ0v) is 11.1. The molecule has 3 nitrogen and oxygen atoms in total. The summed E-state index contributed by atoms with van der Waals surface area (Å²) < 4.78 is 0. The van der Waals surface area contributed by atoms with Gasteiger partial charge in [0.05, 0.1) is 5.56 Å². The second-order valence-electron chi connectivity index (χ2n) is 5.00. The summed E-state index contributed by atoms with van der Waals surface area (Å²) in [4.78, 5) is 14.6. The second kappa shape index (κ2) is 5.89. The molecule has 1 aromatic rings. The summed E-state index contributed by atoms with van der Waals surface area (Å²) in [6.45, 7) is 3.02. The van der Waals surface area contributed by atoms with E-state index in [-0.39, 0.29) is 5.91 Å². The Bertz CT molecular complexity index is 417. The Hall–Kier alpha value is -1.51. The van der Waals surface area contributed by atoms with Gasteiger partial charge in [-0.25, -0.2) is 0 Å². The number of para-hydroxylation sites is 1. The van der Waals surface area contributed by atoms with E-state index >= 15 is 0 Å². The van der Waals surface area contributed by atoms with Crippen molar-refractivity contribution < 1.29 is 4.79 Å². The Morgan fingerprint density at radius 3 is 2.83 bits per heavy atom. The maximum absolute atomic E-state index is 12.6. The van der Waals surface area contributed by atoms with Gasteiger partial charge >= 0.3 is 0 Å². The fraction of sp³-hybridized carbons (Fsp3) is 0.533. The predicted molar refractivity (Wildman–Crippen MR) is 74.4 cm³/mol. The number of rotatable bonds is 2. The van der Waals surface area contributed by atoms with Gasteiger partial charge in [0.15, 0.2) is 0 Å². The molecule has 18 heavy (non-hydrogen) atoms. The summed E-state index contributed by atoms with van der Waals surface area (Å²) in [5.74, 6) is 0.0989. The third kappa shape index (κ3) is 2.66. The van der Waals surface area contributed by atoms with Crippen LogP contribution < -0.4 is 5.73 Å². The van der Waals surface area contributed by atoms with Crippen LogP contribution in [0, 0.1) is 0 Å². The minimum absolute atomic E-state index is 0.0989. The van der Waals surface area contributed by atoms with E-state index < -0.39 is 0 Å². The quantitative estimate of drug-likeness (QED) is 0.815. The third-order valence-electron chi connectivity index (χ3n) is 3.80. The van der Waals surface area contributed by atoms with Crippen molar-refractivity contribution >= 4 is 11.6 Å². The van der Waals surface area contributed by atoms with Crippen LogP contribution in [-0.2, 0) is 0 Å². The van der Waals surface area contributed by atoms with Crippen LogP contribution in [0.25, 0.3) is 0 Å². The fourth-order valence-corrected chi connectivity index (χ4v) is 2.72. The van der Waals surface area contributed by atoms with Gasteiger partial charge < -0.3 is 10.6 Å². The van der Waals surface area contributed by atoms with Crippen LogP contribution in [0.4, 0.5) is 5.69 Å². The molecule has 0 aromatic heterocycles.